The zero-order chi connectivity index (χ0) is 12.4. The molecule has 0 saturated carbocycles. The van der Waals surface area contributed by atoms with Crippen molar-refractivity contribution in [2.75, 3.05) is 0 Å². The molecule has 0 bridgehead atoms. The van der Waals surface area contributed by atoms with Crippen LogP contribution in [0.5, 0.6) is 0 Å². The van der Waals surface area contributed by atoms with E-state index in [0.29, 0.717) is 0 Å². The highest BCUT2D eigenvalue weighted by molar-refractivity contribution is 7.92. The molecule has 1 aromatic heterocycles. The third kappa shape index (κ3) is 2.35. The minimum absolute atomic E-state index is 0.0943. The largest absolute Gasteiger partial charge is 0.480 e. The summed E-state index contributed by atoms with van der Waals surface area (Å²) in [6, 6.07) is 1.55. The first-order chi connectivity index (χ1) is 7.27. The third-order valence-electron chi connectivity index (χ3n) is 2.23. The zero-order valence-corrected chi connectivity index (χ0v) is 9.73. The van der Waals surface area contributed by atoms with Gasteiger partial charge in [0.05, 0.1) is 0 Å². The van der Waals surface area contributed by atoms with Crippen molar-refractivity contribution in [2.24, 2.45) is 0 Å². The van der Waals surface area contributed by atoms with Crippen LogP contribution < -0.4 is 0 Å². The van der Waals surface area contributed by atoms with Crippen molar-refractivity contribution in [3.63, 3.8) is 0 Å². The average molecular weight is 244 g/mol. The van der Waals surface area contributed by atoms with Crippen LogP contribution in [0.15, 0.2) is 18.5 Å². The van der Waals surface area contributed by atoms with Gasteiger partial charge in [-0.2, -0.15) is 0 Å². The molecule has 7 heteroatoms. The highest BCUT2D eigenvalue weighted by Gasteiger charge is 2.42. The van der Waals surface area contributed by atoms with E-state index in [1.54, 1.807) is 6.07 Å². The van der Waals surface area contributed by atoms with Crippen molar-refractivity contribution in [3.05, 3.63) is 24.3 Å². The summed E-state index contributed by atoms with van der Waals surface area (Å²) in [5.74, 6) is -1.77. The van der Waals surface area contributed by atoms with Crippen molar-refractivity contribution in [1.29, 1.82) is 0 Å². The molecule has 0 aliphatic carbocycles. The Morgan fingerprint density at radius 3 is 2.31 bits per heavy atom. The lowest BCUT2D eigenvalue weighted by molar-refractivity contribution is -0.139. The summed E-state index contributed by atoms with van der Waals surface area (Å²) in [7, 11) is -3.84. The fraction of sp³-hybridized carbons (Fsp3) is 0.444. The second-order valence-electron chi connectivity index (χ2n) is 3.74. The van der Waals surface area contributed by atoms with Gasteiger partial charge in [0.25, 0.3) is 0 Å². The van der Waals surface area contributed by atoms with Gasteiger partial charge in [0.15, 0.2) is 14.6 Å². The molecule has 88 valence electrons. The normalized spacial score (nSPS) is 12.4. The molecule has 0 aromatic carbocycles. The fourth-order valence-electron chi connectivity index (χ4n) is 0.888. The van der Waals surface area contributed by atoms with Crippen molar-refractivity contribution >= 4 is 15.8 Å². The number of nitrogens with zero attached hydrogens (tertiary/aromatic N) is 2. The van der Waals surface area contributed by atoms with Crippen LogP contribution >= 0.6 is 0 Å². The number of hydrogen-bond donors (Lipinski definition) is 1. The van der Waals surface area contributed by atoms with E-state index >= 15 is 0 Å². The topological polar surface area (TPSA) is 97.2 Å². The van der Waals surface area contributed by atoms with Gasteiger partial charge >= 0.3 is 5.97 Å². The van der Waals surface area contributed by atoms with Crippen LogP contribution in [0.3, 0.4) is 0 Å². The molecule has 0 aliphatic rings. The smallest absolute Gasteiger partial charge is 0.324 e. The Balaban J connectivity index is 3.02. The van der Waals surface area contributed by atoms with Gasteiger partial charge < -0.3 is 5.11 Å². The number of rotatable bonds is 4. The predicted octanol–water partition coefficient (Wildman–Crippen LogP) is 0.255. The van der Waals surface area contributed by atoms with Crippen LogP contribution in [0.25, 0.3) is 0 Å². The standard InChI is InChI=1S/C9H12N2O4S/c1-9(2,8(12)13)16(14,15)6-7-10-4-3-5-11-7/h3-5H,6H2,1-2H3,(H,12,13). The summed E-state index contributed by atoms with van der Waals surface area (Å²) < 4.78 is 21.8. The van der Waals surface area contributed by atoms with Gasteiger partial charge in [0.1, 0.15) is 11.6 Å². The summed E-state index contributed by atoms with van der Waals surface area (Å²) in [4.78, 5) is 18.3. The number of carboxylic acid groups (broad SMARTS) is 1. The van der Waals surface area contributed by atoms with Gasteiger partial charge in [-0.05, 0) is 19.9 Å². The number of hydrogen-bond acceptors (Lipinski definition) is 5. The Labute approximate surface area is 93.3 Å². The van der Waals surface area contributed by atoms with E-state index in [0.717, 1.165) is 13.8 Å². The molecule has 6 nitrogen and oxygen atoms in total. The predicted molar refractivity (Wildman–Crippen MR) is 56.4 cm³/mol. The molecular weight excluding hydrogens is 232 g/mol. The summed E-state index contributed by atoms with van der Waals surface area (Å²) in [6.07, 6.45) is 2.82. The van der Waals surface area contributed by atoms with E-state index in [9.17, 15) is 13.2 Å². The van der Waals surface area contributed by atoms with Crippen molar-refractivity contribution < 1.29 is 18.3 Å². The molecule has 0 saturated heterocycles. The maximum Gasteiger partial charge on any atom is 0.324 e. The second kappa shape index (κ2) is 4.17. The van der Waals surface area contributed by atoms with Crippen LogP contribution in [-0.2, 0) is 20.4 Å². The van der Waals surface area contributed by atoms with E-state index in [-0.39, 0.29) is 5.82 Å². The van der Waals surface area contributed by atoms with Gasteiger partial charge in [0.2, 0.25) is 0 Å². The maximum absolute atomic E-state index is 11.8. The Bertz CT molecular complexity index is 481. The average Bonchev–Trinajstić information content (AvgIpc) is 2.18. The monoisotopic (exact) mass is 244 g/mol. The lowest BCUT2D eigenvalue weighted by Gasteiger charge is -2.18. The minimum Gasteiger partial charge on any atom is -0.480 e. The Morgan fingerprint density at radius 2 is 1.88 bits per heavy atom. The number of aliphatic carboxylic acids is 1. The van der Waals surface area contributed by atoms with E-state index < -0.39 is 26.3 Å². The van der Waals surface area contributed by atoms with Crippen molar-refractivity contribution in [2.45, 2.75) is 24.3 Å². The van der Waals surface area contributed by atoms with Crippen LogP contribution in [-0.4, -0.2) is 34.2 Å². The highest BCUT2D eigenvalue weighted by Crippen LogP contribution is 2.20. The molecule has 16 heavy (non-hydrogen) atoms. The fourth-order valence-corrected chi connectivity index (χ4v) is 2.00. The molecule has 0 atom stereocenters. The first-order valence-electron chi connectivity index (χ1n) is 4.49. The SMILES string of the molecule is CC(C)(C(=O)O)S(=O)(=O)Cc1ncccn1. The second-order valence-corrected chi connectivity index (χ2v) is 6.28. The first kappa shape index (κ1) is 12.6. The minimum atomic E-state index is -3.84. The molecule has 0 aliphatic heterocycles. The highest BCUT2D eigenvalue weighted by atomic mass is 32.2. The summed E-state index contributed by atoms with van der Waals surface area (Å²) in [5, 5.41) is 8.83. The van der Waals surface area contributed by atoms with Gasteiger partial charge in [0, 0.05) is 12.4 Å². The molecule has 0 radical (unpaired) electrons. The van der Waals surface area contributed by atoms with E-state index in [2.05, 4.69) is 9.97 Å². The number of sulfone groups is 1. The van der Waals surface area contributed by atoms with Crippen LogP contribution in [0.1, 0.15) is 19.7 Å². The zero-order valence-electron chi connectivity index (χ0n) is 8.91. The van der Waals surface area contributed by atoms with E-state index in [1.165, 1.54) is 12.4 Å². The molecule has 1 rings (SSSR count). The number of carbonyl (C=O) groups is 1. The van der Waals surface area contributed by atoms with Crippen LogP contribution in [0, 0.1) is 0 Å². The maximum atomic E-state index is 11.8. The van der Waals surface area contributed by atoms with Crippen molar-refractivity contribution in [3.8, 4) is 0 Å². The van der Waals surface area contributed by atoms with Crippen LogP contribution in [0.2, 0.25) is 0 Å². The lowest BCUT2D eigenvalue weighted by atomic mass is 10.2. The molecular formula is C9H12N2O4S. The quantitative estimate of drug-likeness (QED) is 0.815. The summed E-state index contributed by atoms with van der Waals surface area (Å²) in [5.41, 5.74) is 0. The molecule has 0 unspecified atom stereocenters. The lowest BCUT2D eigenvalue weighted by Crippen LogP contribution is -2.41. The Hall–Kier alpha value is -1.50. The first-order valence-corrected chi connectivity index (χ1v) is 6.14. The number of carboxylic acids is 1. The van der Waals surface area contributed by atoms with Crippen molar-refractivity contribution in [1.82, 2.24) is 9.97 Å². The Kier molecular flexibility index (Phi) is 3.27. The molecule has 0 fully saturated rings. The van der Waals surface area contributed by atoms with Gasteiger partial charge in [-0.3, -0.25) is 4.79 Å². The third-order valence-corrected chi connectivity index (χ3v) is 4.60. The van der Waals surface area contributed by atoms with E-state index in [1.807, 2.05) is 0 Å². The van der Waals surface area contributed by atoms with Gasteiger partial charge in [-0.15, -0.1) is 0 Å². The molecule has 0 amide bonds. The van der Waals surface area contributed by atoms with E-state index in [4.69, 9.17) is 5.11 Å². The van der Waals surface area contributed by atoms with Gasteiger partial charge in [-0.25, -0.2) is 18.4 Å². The molecule has 0 spiro atoms. The summed E-state index contributed by atoms with van der Waals surface area (Å²) >= 11 is 0. The molecule has 1 heterocycles. The van der Waals surface area contributed by atoms with Gasteiger partial charge in [-0.1, -0.05) is 0 Å². The number of aromatic nitrogens is 2. The summed E-state index contributed by atoms with van der Waals surface area (Å²) in [6.45, 7) is 2.29. The molecule has 1 N–H and O–H groups in total. The molecule has 1 aromatic rings. The Morgan fingerprint density at radius 1 is 1.38 bits per heavy atom. The van der Waals surface area contributed by atoms with Crippen LogP contribution in [0.4, 0.5) is 0 Å².